The summed E-state index contributed by atoms with van der Waals surface area (Å²) in [6.07, 6.45) is 0. The molecule has 24 heavy (non-hydrogen) atoms. The summed E-state index contributed by atoms with van der Waals surface area (Å²) in [4.78, 5) is 12.5. The summed E-state index contributed by atoms with van der Waals surface area (Å²) >= 11 is 0. The quantitative estimate of drug-likeness (QED) is 0.572. The van der Waals surface area contributed by atoms with E-state index in [1.165, 1.54) is 7.11 Å². The Balaban J connectivity index is 2.07. The third-order valence-corrected chi connectivity index (χ3v) is 3.57. The van der Waals surface area contributed by atoms with Gasteiger partial charge in [0.25, 0.3) is 11.5 Å². The van der Waals surface area contributed by atoms with Crippen LogP contribution >= 0.6 is 0 Å². The number of carbonyl (C=O) groups excluding carboxylic acids is 1. The molecule has 0 saturated carbocycles. The molecule has 6 heteroatoms. The maximum absolute atomic E-state index is 12.5. The minimum absolute atomic E-state index is 0.125. The van der Waals surface area contributed by atoms with Crippen molar-refractivity contribution in [2.75, 3.05) is 12.4 Å². The van der Waals surface area contributed by atoms with Crippen LogP contribution in [0.25, 0.3) is 11.0 Å². The Hall–Kier alpha value is -3.28. The number of anilines is 1. The Morgan fingerprint density at radius 3 is 2.71 bits per heavy atom. The molecule has 0 aliphatic heterocycles. The fourth-order valence-electron chi connectivity index (χ4n) is 2.44. The second-order valence-electron chi connectivity index (χ2n) is 5.27. The van der Waals surface area contributed by atoms with Crippen molar-refractivity contribution in [1.29, 1.82) is 0 Å². The molecule has 6 nitrogen and oxygen atoms in total. The number of carbonyl (C=O) groups is 1. The van der Waals surface area contributed by atoms with E-state index in [-0.39, 0.29) is 11.1 Å². The lowest BCUT2D eigenvalue weighted by Gasteiger charge is -2.08. The smallest absolute Gasteiger partial charge is 0.268 e. The number of methoxy groups -OCH3 is 1. The van der Waals surface area contributed by atoms with Gasteiger partial charge in [0.15, 0.2) is 11.3 Å². The second-order valence-corrected chi connectivity index (χ2v) is 5.27. The molecule has 122 valence electrons. The van der Waals surface area contributed by atoms with Crippen LogP contribution in [0.2, 0.25) is 0 Å². The molecule has 0 fully saturated rings. The standard InChI is InChI=1S/C18H16N2O4/c1-11-5-3-7-13(9-11)19-17(21)14-10-12-6-4-8-15(23-2)16(12)24-18(14)20-22/h3-10,22H,1-2H3,(H,19,21)/b20-18-. The second kappa shape index (κ2) is 6.45. The zero-order chi connectivity index (χ0) is 17.1. The predicted octanol–water partition coefficient (Wildman–Crippen LogP) is 3.29. The molecule has 1 heterocycles. The van der Waals surface area contributed by atoms with Crippen molar-refractivity contribution in [2.24, 2.45) is 5.16 Å². The molecule has 1 aromatic heterocycles. The molecular weight excluding hydrogens is 308 g/mol. The van der Waals surface area contributed by atoms with Crippen molar-refractivity contribution in [2.45, 2.75) is 6.92 Å². The molecule has 0 aliphatic carbocycles. The van der Waals surface area contributed by atoms with E-state index in [0.717, 1.165) is 5.56 Å². The van der Waals surface area contributed by atoms with Gasteiger partial charge in [-0.3, -0.25) is 4.79 Å². The number of nitrogens with zero attached hydrogens (tertiary/aromatic N) is 1. The molecule has 2 aromatic carbocycles. The van der Waals surface area contributed by atoms with Crippen LogP contribution in [0.15, 0.2) is 58.1 Å². The minimum atomic E-state index is -0.429. The van der Waals surface area contributed by atoms with E-state index in [4.69, 9.17) is 9.15 Å². The molecule has 0 aliphatic rings. The zero-order valence-electron chi connectivity index (χ0n) is 13.2. The molecular formula is C18H16N2O4. The summed E-state index contributed by atoms with van der Waals surface area (Å²) in [6.45, 7) is 1.93. The molecule has 2 N–H and O–H groups in total. The van der Waals surface area contributed by atoms with Gasteiger partial charge >= 0.3 is 0 Å². The number of para-hydroxylation sites is 1. The highest BCUT2D eigenvalue weighted by Gasteiger charge is 2.15. The van der Waals surface area contributed by atoms with Crippen molar-refractivity contribution in [1.82, 2.24) is 0 Å². The van der Waals surface area contributed by atoms with Gasteiger partial charge in [-0.15, -0.1) is 0 Å². The van der Waals surface area contributed by atoms with Gasteiger partial charge in [-0.25, -0.2) is 0 Å². The van der Waals surface area contributed by atoms with Crippen molar-refractivity contribution in [3.63, 3.8) is 0 Å². The number of rotatable bonds is 3. The van der Waals surface area contributed by atoms with Gasteiger partial charge in [-0.1, -0.05) is 24.3 Å². The van der Waals surface area contributed by atoms with Crippen LogP contribution in [0, 0.1) is 6.92 Å². The number of hydrogen-bond donors (Lipinski definition) is 2. The van der Waals surface area contributed by atoms with E-state index in [1.54, 1.807) is 30.3 Å². The molecule has 0 spiro atoms. The largest absolute Gasteiger partial charge is 0.493 e. The lowest BCUT2D eigenvalue weighted by atomic mass is 10.1. The summed E-state index contributed by atoms with van der Waals surface area (Å²) in [6, 6.07) is 14.3. The van der Waals surface area contributed by atoms with Gasteiger partial charge in [0.1, 0.15) is 5.56 Å². The van der Waals surface area contributed by atoms with E-state index < -0.39 is 5.91 Å². The average molecular weight is 324 g/mol. The summed E-state index contributed by atoms with van der Waals surface area (Å²) in [5, 5.41) is 15.7. The van der Waals surface area contributed by atoms with Crippen molar-refractivity contribution < 1.29 is 19.2 Å². The van der Waals surface area contributed by atoms with Gasteiger partial charge in [-0.2, -0.15) is 0 Å². The Morgan fingerprint density at radius 1 is 1.21 bits per heavy atom. The summed E-state index contributed by atoms with van der Waals surface area (Å²) < 4.78 is 10.8. The van der Waals surface area contributed by atoms with Crippen LogP contribution < -0.4 is 15.6 Å². The van der Waals surface area contributed by atoms with E-state index in [2.05, 4.69) is 10.5 Å². The Bertz CT molecular complexity index is 976. The van der Waals surface area contributed by atoms with E-state index in [1.807, 2.05) is 25.1 Å². The summed E-state index contributed by atoms with van der Waals surface area (Å²) in [7, 11) is 1.51. The Labute approximate surface area is 138 Å². The first kappa shape index (κ1) is 15.6. The first-order chi connectivity index (χ1) is 11.6. The highest BCUT2D eigenvalue weighted by molar-refractivity contribution is 6.05. The molecule has 3 aromatic rings. The highest BCUT2D eigenvalue weighted by atomic mass is 16.5. The van der Waals surface area contributed by atoms with Gasteiger partial charge in [-0.05, 0) is 41.9 Å². The van der Waals surface area contributed by atoms with Crippen molar-refractivity contribution in [3.05, 3.63) is 65.2 Å². The number of nitrogens with one attached hydrogen (secondary N) is 1. The molecule has 0 bridgehead atoms. The molecule has 0 atom stereocenters. The Morgan fingerprint density at radius 2 is 2.00 bits per heavy atom. The first-order valence-corrected chi connectivity index (χ1v) is 7.29. The molecule has 1 amide bonds. The molecule has 0 radical (unpaired) electrons. The van der Waals surface area contributed by atoms with Crippen LogP contribution in [0.4, 0.5) is 5.69 Å². The number of fused-ring (bicyclic) bond motifs is 1. The molecule has 3 rings (SSSR count). The number of benzene rings is 2. The van der Waals surface area contributed by atoms with E-state index >= 15 is 0 Å². The van der Waals surface area contributed by atoms with Crippen LogP contribution in [-0.2, 0) is 0 Å². The molecule has 0 saturated heterocycles. The lowest BCUT2D eigenvalue weighted by Crippen LogP contribution is -2.21. The van der Waals surface area contributed by atoms with Crippen molar-refractivity contribution in [3.8, 4) is 5.75 Å². The van der Waals surface area contributed by atoms with Gasteiger partial charge in [0, 0.05) is 11.1 Å². The number of ether oxygens (including phenoxy) is 1. The van der Waals surface area contributed by atoms with Crippen LogP contribution in [0.5, 0.6) is 5.75 Å². The first-order valence-electron chi connectivity index (χ1n) is 7.29. The fraction of sp³-hybridized carbons (Fsp3) is 0.111. The third-order valence-electron chi connectivity index (χ3n) is 3.57. The van der Waals surface area contributed by atoms with Gasteiger partial charge in [0.05, 0.1) is 7.11 Å². The number of amides is 1. The maximum atomic E-state index is 12.5. The van der Waals surface area contributed by atoms with Crippen LogP contribution in [0.3, 0.4) is 0 Å². The van der Waals surface area contributed by atoms with Crippen LogP contribution in [0.1, 0.15) is 15.9 Å². The van der Waals surface area contributed by atoms with Crippen LogP contribution in [-0.4, -0.2) is 18.2 Å². The maximum Gasteiger partial charge on any atom is 0.268 e. The Kier molecular flexibility index (Phi) is 4.20. The summed E-state index contributed by atoms with van der Waals surface area (Å²) in [5.41, 5.74) is 2.01. The topological polar surface area (TPSA) is 84.1 Å². The monoisotopic (exact) mass is 324 g/mol. The zero-order valence-corrected chi connectivity index (χ0v) is 13.2. The van der Waals surface area contributed by atoms with E-state index in [0.29, 0.717) is 22.4 Å². The van der Waals surface area contributed by atoms with E-state index in [9.17, 15) is 10.0 Å². The molecule has 0 unspecified atom stereocenters. The predicted molar refractivity (Wildman–Crippen MR) is 89.2 cm³/mol. The SMILES string of the molecule is COc1cccc2cc(C(=O)Nc3cccc(C)c3)/c(=N/O)oc12. The normalized spacial score (nSPS) is 11.5. The van der Waals surface area contributed by atoms with Crippen molar-refractivity contribution >= 4 is 22.6 Å². The fourth-order valence-corrected chi connectivity index (χ4v) is 2.44. The minimum Gasteiger partial charge on any atom is -0.493 e. The summed E-state index contributed by atoms with van der Waals surface area (Å²) in [5.74, 6) is 0.0601. The number of aryl methyl sites for hydroxylation is 1. The highest BCUT2D eigenvalue weighted by Crippen LogP contribution is 2.24. The van der Waals surface area contributed by atoms with Gasteiger partial charge < -0.3 is 19.7 Å². The average Bonchev–Trinajstić information content (AvgIpc) is 2.59. The van der Waals surface area contributed by atoms with Gasteiger partial charge in [0.2, 0.25) is 0 Å². The third kappa shape index (κ3) is 2.94. The lowest BCUT2D eigenvalue weighted by molar-refractivity contribution is 0.102. The number of hydrogen-bond acceptors (Lipinski definition) is 5.